The van der Waals surface area contributed by atoms with E-state index >= 15 is 0 Å². The van der Waals surface area contributed by atoms with E-state index < -0.39 is 29.5 Å². The molecule has 0 aromatic heterocycles. The lowest BCUT2D eigenvalue weighted by Gasteiger charge is -2.28. The Morgan fingerprint density at radius 3 is 2.70 bits per heavy atom. The van der Waals surface area contributed by atoms with Gasteiger partial charge in [-0.3, -0.25) is 14.4 Å². The van der Waals surface area contributed by atoms with Crippen molar-refractivity contribution in [3.05, 3.63) is 42.5 Å². The first kappa shape index (κ1) is 14.1. The molecule has 0 unspecified atom stereocenters. The van der Waals surface area contributed by atoms with Gasteiger partial charge in [-0.1, -0.05) is 24.3 Å². The maximum absolute atomic E-state index is 12.9. The number of benzene rings is 1. The molecule has 0 N–H and O–H groups in total. The van der Waals surface area contributed by atoms with E-state index in [1.165, 1.54) is 11.8 Å². The molecule has 0 spiro atoms. The molecule has 1 aromatic carbocycles. The van der Waals surface area contributed by atoms with Gasteiger partial charge in [0, 0.05) is 6.92 Å². The van der Waals surface area contributed by atoms with E-state index in [2.05, 4.69) is 0 Å². The number of para-hydroxylation sites is 1. The monoisotopic (exact) mass is 313 g/mol. The first-order valence-electron chi connectivity index (χ1n) is 7.47. The van der Waals surface area contributed by atoms with Crippen LogP contribution in [0, 0.1) is 11.8 Å². The van der Waals surface area contributed by atoms with Gasteiger partial charge in [0.15, 0.2) is 0 Å². The highest BCUT2D eigenvalue weighted by molar-refractivity contribution is 6.23. The summed E-state index contributed by atoms with van der Waals surface area (Å²) in [6.45, 7) is 1.25. The van der Waals surface area contributed by atoms with Crippen molar-refractivity contribution in [2.45, 2.75) is 18.6 Å². The van der Waals surface area contributed by atoms with Gasteiger partial charge in [-0.05, 0) is 18.2 Å². The zero-order valence-electron chi connectivity index (χ0n) is 12.5. The molecule has 2 bridgehead atoms. The molecule has 0 saturated carbocycles. The van der Waals surface area contributed by atoms with Crippen LogP contribution in [-0.2, 0) is 23.9 Å². The van der Waals surface area contributed by atoms with Gasteiger partial charge in [0.25, 0.3) is 0 Å². The molecule has 0 radical (unpaired) electrons. The molecule has 3 heterocycles. The van der Waals surface area contributed by atoms with E-state index in [-0.39, 0.29) is 18.4 Å². The molecule has 3 aliphatic heterocycles. The van der Waals surface area contributed by atoms with E-state index in [0.717, 1.165) is 0 Å². The van der Waals surface area contributed by atoms with Crippen LogP contribution in [0.1, 0.15) is 6.92 Å². The number of hydrogen-bond acceptors (Lipinski definition) is 5. The molecule has 2 amide bonds. The van der Waals surface area contributed by atoms with Gasteiger partial charge in [-0.2, -0.15) is 0 Å². The molecule has 118 valence electrons. The van der Waals surface area contributed by atoms with Gasteiger partial charge < -0.3 is 9.47 Å². The molecule has 23 heavy (non-hydrogen) atoms. The van der Waals surface area contributed by atoms with Crippen molar-refractivity contribution >= 4 is 23.5 Å². The molecular formula is C17H15NO5. The first-order chi connectivity index (χ1) is 11.0. The van der Waals surface area contributed by atoms with Crippen LogP contribution in [0.2, 0.25) is 0 Å². The largest absolute Gasteiger partial charge is 0.462 e. The number of anilines is 1. The van der Waals surface area contributed by atoms with Crippen molar-refractivity contribution in [3.8, 4) is 0 Å². The topological polar surface area (TPSA) is 72.9 Å². The summed E-state index contributed by atoms with van der Waals surface area (Å²) >= 11 is 0. The van der Waals surface area contributed by atoms with Gasteiger partial charge in [0.2, 0.25) is 11.8 Å². The Morgan fingerprint density at radius 2 is 2.00 bits per heavy atom. The Balaban J connectivity index is 1.70. The summed E-state index contributed by atoms with van der Waals surface area (Å²) in [6.07, 6.45) is 3.09. The van der Waals surface area contributed by atoms with E-state index in [9.17, 15) is 14.4 Å². The summed E-state index contributed by atoms with van der Waals surface area (Å²) in [4.78, 5) is 38.0. The van der Waals surface area contributed by atoms with E-state index in [1.807, 2.05) is 6.07 Å². The van der Waals surface area contributed by atoms with Crippen LogP contribution in [0.4, 0.5) is 5.69 Å². The van der Waals surface area contributed by atoms with E-state index in [0.29, 0.717) is 5.69 Å². The van der Waals surface area contributed by atoms with Crippen LogP contribution in [0.15, 0.2) is 42.5 Å². The van der Waals surface area contributed by atoms with Crippen LogP contribution >= 0.6 is 0 Å². The Kier molecular flexibility index (Phi) is 2.93. The van der Waals surface area contributed by atoms with Crippen LogP contribution in [0.25, 0.3) is 0 Å². The van der Waals surface area contributed by atoms with Crippen LogP contribution in [-0.4, -0.2) is 36.1 Å². The molecule has 4 rings (SSSR count). The predicted molar refractivity (Wildman–Crippen MR) is 79.3 cm³/mol. The minimum Gasteiger partial charge on any atom is -0.462 e. The number of fused-ring (bicyclic) bond motifs is 5. The highest BCUT2D eigenvalue weighted by Crippen LogP contribution is 2.52. The number of ether oxygens (including phenoxy) is 2. The number of carbonyl (C=O) groups excluding carboxylic acids is 3. The second kappa shape index (κ2) is 4.76. The van der Waals surface area contributed by atoms with Crippen LogP contribution < -0.4 is 4.90 Å². The first-order valence-corrected chi connectivity index (χ1v) is 7.47. The normalized spacial score (nSPS) is 34.1. The summed E-state index contributed by atoms with van der Waals surface area (Å²) in [6, 6.07) is 8.84. The smallest absolute Gasteiger partial charge is 0.302 e. The second-order valence-electron chi connectivity index (χ2n) is 6.03. The summed E-state index contributed by atoms with van der Waals surface area (Å²) in [5.74, 6) is -2.21. The summed E-state index contributed by atoms with van der Waals surface area (Å²) in [5.41, 5.74) is -0.476. The third-order valence-electron chi connectivity index (χ3n) is 4.67. The number of rotatable bonds is 3. The SMILES string of the molecule is CC(=O)OC[C@@]12C=C[C@H](O1)[C@@H]1C(=O)N(c3ccccc3)C(=O)[C@@H]12. The third kappa shape index (κ3) is 1.88. The number of amides is 2. The molecule has 2 saturated heterocycles. The Bertz CT molecular complexity index is 728. The average Bonchev–Trinajstić information content (AvgIpc) is 3.17. The van der Waals surface area contributed by atoms with Gasteiger partial charge in [-0.15, -0.1) is 0 Å². The van der Waals surface area contributed by atoms with Crippen molar-refractivity contribution in [2.24, 2.45) is 11.8 Å². The van der Waals surface area contributed by atoms with Crippen molar-refractivity contribution < 1.29 is 23.9 Å². The molecule has 6 nitrogen and oxygen atoms in total. The molecule has 6 heteroatoms. The highest BCUT2D eigenvalue weighted by Gasteiger charge is 2.68. The molecule has 1 aromatic rings. The van der Waals surface area contributed by atoms with Crippen molar-refractivity contribution in [3.63, 3.8) is 0 Å². The number of hydrogen-bond donors (Lipinski definition) is 0. The Hall–Kier alpha value is -2.47. The lowest BCUT2D eigenvalue weighted by molar-refractivity contribution is -0.150. The molecule has 2 fully saturated rings. The Morgan fingerprint density at radius 1 is 1.26 bits per heavy atom. The quantitative estimate of drug-likeness (QED) is 0.474. The predicted octanol–water partition coefficient (Wildman–Crippen LogP) is 1.06. The average molecular weight is 313 g/mol. The van der Waals surface area contributed by atoms with Crippen molar-refractivity contribution in [2.75, 3.05) is 11.5 Å². The zero-order chi connectivity index (χ0) is 16.2. The van der Waals surface area contributed by atoms with Gasteiger partial charge >= 0.3 is 5.97 Å². The van der Waals surface area contributed by atoms with Gasteiger partial charge in [0.1, 0.15) is 12.2 Å². The lowest BCUT2D eigenvalue weighted by Crippen LogP contribution is -2.44. The lowest BCUT2D eigenvalue weighted by atomic mass is 9.77. The summed E-state index contributed by atoms with van der Waals surface area (Å²) < 4.78 is 10.9. The zero-order valence-corrected chi connectivity index (χ0v) is 12.5. The standard InChI is InChI=1S/C17H15NO5/c1-10(19)22-9-17-8-7-12(23-17)13-14(17)16(21)18(15(13)20)11-5-3-2-4-6-11/h2-8,12-14H,9H2,1H3/t12-,13-,14+,17+/m0/s1. The Labute approximate surface area is 132 Å². The maximum atomic E-state index is 12.9. The summed E-state index contributed by atoms with van der Waals surface area (Å²) in [5, 5.41) is 0. The second-order valence-corrected chi connectivity index (χ2v) is 6.03. The van der Waals surface area contributed by atoms with Crippen molar-refractivity contribution in [1.82, 2.24) is 0 Å². The fourth-order valence-corrected chi connectivity index (χ4v) is 3.71. The molecule has 3 aliphatic rings. The van der Waals surface area contributed by atoms with E-state index in [1.54, 1.807) is 36.4 Å². The third-order valence-corrected chi connectivity index (χ3v) is 4.67. The van der Waals surface area contributed by atoms with Crippen LogP contribution in [0.3, 0.4) is 0 Å². The number of carbonyl (C=O) groups is 3. The van der Waals surface area contributed by atoms with Crippen LogP contribution in [0.5, 0.6) is 0 Å². The molecule has 0 aliphatic carbocycles. The van der Waals surface area contributed by atoms with Crippen molar-refractivity contribution in [1.29, 1.82) is 0 Å². The minimum atomic E-state index is -1.03. The number of nitrogens with zero attached hydrogens (tertiary/aromatic N) is 1. The van der Waals surface area contributed by atoms with Gasteiger partial charge in [0.05, 0.1) is 23.6 Å². The number of imide groups is 1. The fraction of sp³-hybridized carbons (Fsp3) is 0.353. The van der Waals surface area contributed by atoms with Gasteiger partial charge in [-0.25, -0.2) is 4.90 Å². The highest BCUT2D eigenvalue weighted by atomic mass is 16.6. The number of esters is 1. The van der Waals surface area contributed by atoms with E-state index in [4.69, 9.17) is 9.47 Å². The molecule has 4 atom stereocenters. The molecular weight excluding hydrogens is 298 g/mol. The minimum absolute atomic E-state index is 0.0574. The maximum Gasteiger partial charge on any atom is 0.302 e. The summed E-state index contributed by atoms with van der Waals surface area (Å²) in [7, 11) is 0. The fourth-order valence-electron chi connectivity index (χ4n) is 3.71.